The van der Waals surface area contributed by atoms with Crippen molar-refractivity contribution < 1.29 is 28.7 Å². The largest absolute Gasteiger partial charge is 0.480 e. The molecule has 2 aromatic rings. The normalized spacial score (nSPS) is 16.2. The second-order valence-electron chi connectivity index (χ2n) is 8.01. The van der Waals surface area contributed by atoms with Crippen molar-refractivity contribution in [2.75, 3.05) is 13.1 Å². The maximum Gasteiger partial charge on any atom is 0.328 e. The number of carboxylic acid groups (broad SMARTS) is 1. The molecule has 3 rings (SSSR count). The molecule has 1 aliphatic heterocycles. The van der Waals surface area contributed by atoms with Crippen LogP contribution in [-0.2, 0) is 20.8 Å². The van der Waals surface area contributed by atoms with Crippen molar-refractivity contribution in [2.45, 2.75) is 37.8 Å². The number of ketones is 1. The molecule has 1 aromatic heterocycles. The molecule has 1 unspecified atom stereocenters. The quantitative estimate of drug-likeness (QED) is 0.333. The first-order valence-corrected chi connectivity index (χ1v) is 11.8. The lowest BCUT2D eigenvalue weighted by molar-refractivity contribution is -0.139. The fraction of sp³-hybridized carbons (Fsp3) is 0.333. The van der Waals surface area contributed by atoms with Crippen LogP contribution in [0.4, 0.5) is 0 Å². The predicted molar refractivity (Wildman–Crippen MR) is 130 cm³/mol. The topological polar surface area (TPSA) is 138 Å². The molecule has 1 aromatic carbocycles. The number of hydrogen-bond acceptors (Lipinski definition) is 6. The van der Waals surface area contributed by atoms with Gasteiger partial charge in [-0.3, -0.25) is 14.4 Å². The van der Waals surface area contributed by atoms with Gasteiger partial charge in [-0.15, -0.1) is 0 Å². The van der Waals surface area contributed by atoms with E-state index in [4.69, 9.17) is 27.6 Å². The zero-order valence-electron chi connectivity index (χ0n) is 18.7. The van der Waals surface area contributed by atoms with Crippen molar-refractivity contribution in [3.8, 4) is 0 Å². The first kappa shape index (κ1) is 26.5. The van der Waals surface area contributed by atoms with E-state index in [1.807, 2.05) is 0 Å². The number of rotatable bonds is 11. The van der Waals surface area contributed by atoms with E-state index in [-0.39, 0.29) is 46.3 Å². The molecule has 2 heterocycles. The summed E-state index contributed by atoms with van der Waals surface area (Å²) >= 11 is 12.5. The Morgan fingerprint density at radius 2 is 1.97 bits per heavy atom. The van der Waals surface area contributed by atoms with Crippen LogP contribution < -0.4 is 16.0 Å². The molecule has 1 fully saturated rings. The molecule has 11 heteroatoms. The number of amides is 2. The van der Waals surface area contributed by atoms with Crippen molar-refractivity contribution in [1.29, 1.82) is 0 Å². The number of aliphatic carboxylic acids is 1. The lowest BCUT2D eigenvalue weighted by Crippen LogP contribution is -2.51. The van der Waals surface area contributed by atoms with Gasteiger partial charge in [-0.05, 0) is 67.8 Å². The lowest BCUT2D eigenvalue weighted by Gasteiger charge is -2.18. The van der Waals surface area contributed by atoms with E-state index in [0.717, 1.165) is 13.0 Å². The summed E-state index contributed by atoms with van der Waals surface area (Å²) in [6.07, 6.45) is 6.54. The van der Waals surface area contributed by atoms with Crippen LogP contribution in [0.3, 0.4) is 0 Å². The van der Waals surface area contributed by atoms with Gasteiger partial charge in [0.05, 0.1) is 27.9 Å². The Bertz CT molecular complexity index is 1090. The third-order valence-corrected chi connectivity index (χ3v) is 6.02. The third kappa shape index (κ3) is 7.68. The number of aryl methyl sites for hydroxylation is 1. The monoisotopic (exact) mass is 521 g/mol. The number of carboxylic acids is 1. The molecule has 0 aliphatic carbocycles. The number of carbonyl (C=O) groups excluding carboxylic acids is 3. The molecule has 2 atom stereocenters. The summed E-state index contributed by atoms with van der Waals surface area (Å²) in [4.78, 5) is 48.6. The van der Waals surface area contributed by atoms with Crippen LogP contribution in [0.25, 0.3) is 6.08 Å². The van der Waals surface area contributed by atoms with Crippen LogP contribution >= 0.6 is 23.2 Å². The maximum atomic E-state index is 12.7. The summed E-state index contributed by atoms with van der Waals surface area (Å²) in [6, 6.07) is 4.71. The summed E-state index contributed by atoms with van der Waals surface area (Å²) < 4.78 is 5.13. The highest BCUT2D eigenvalue weighted by Crippen LogP contribution is 2.27. The van der Waals surface area contributed by atoms with Crippen LogP contribution in [0.5, 0.6) is 0 Å². The number of halogens is 2. The molecule has 0 saturated carbocycles. The van der Waals surface area contributed by atoms with Crippen molar-refractivity contribution >= 4 is 52.8 Å². The van der Waals surface area contributed by atoms with E-state index < -0.39 is 17.9 Å². The van der Waals surface area contributed by atoms with E-state index in [1.54, 1.807) is 18.2 Å². The van der Waals surface area contributed by atoms with Gasteiger partial charge in [0.25, 0.3) is 5.91 Å². The summed E-state index contributed by atoms with van der Waals surface area (Å²) in [7, 11) is 0. The van der Waals surface area contributed by atoms with Gasteiger partial charge in [-0.2, -0.15) is 0 Å². The van der Waals surface area contributed by atoms with Gasteiger partial charge >= 0.3 is 5.97 Å². The Hall–Kier alpha value is -3.14. The van der Waals surface area contributed by atoms with Gasteiger partial charge < -0.3 is 25.5 Å². The first-order chi connectivity index (χ1) is 16.7. The number of allylic oxidation sites excluding steroid dienone is 1. The van der Waals surface area contributed by atoms with E-state index >= 15 is 0 Å². The number of carbonyl (C=O) groups is 4. The standard InChI is InChI=1S/C24H25Cl2N3O6/c25-17-11-14(5-6-15(30)7-8-16-3-2-10-35-16)12-18(26)21(17)23(32)29-20(24(33)34)13-28-22(31)19-4-1-9-27-19/h2-3,7-8,10-12,19-20,27H,1,4-6,9,13H2,(H,28,31)(H,29,32)(H,33,34)/b8-7+/t19?,20-/m0/s1. The van der Waals surface area contributed by atoms with Crippen molar-refractivity contribution in [2.24, 2.45) is 0 Å². The van der Waals surface area contributed by atoms with E-state index in [1.165, 1.54) is 24.5 Å². The van der Waals surface area contributed by atoms with Crippen LogP contribution in [0, 0.1) is 0 Å². The van der Waals surface area contributed by atoms with Crippen LogP contribution in [-0.4, -0.2) is 53.8 Å². The average molecular weight is 522 g/mol. The van der Waals surface area contributed by atoms with Gasteiger partial charge in [-0.1, -0.05) is 23.2 Å². The van der Waals surface area contributed by atoms with Crippen molar-refractivity contribution in [3.63, 3.8) is 0 Å². The number of furan rings is 1. The minimum atomic E-state index is -1.38. The zero-order chi connectivity index (χ0) is 25.4. The predicted octanol–water partition coefficient (Wildman–Crippen LogP) is 2.85. The molecule has 4 N–H and O–H groups in total. The minimum absolute atomic E-state index is 0.0203. The molecule has 0 radical (unpaired) electrons. The summed E-state index contributed by atoms with van der Waals surface area (Å²) in [5, 5.41) is 17.4. The highest BCUT2D eigenvalue weighted by molar-refractivity contribution is 6.39. The Morgan fingerprint density at radius 3 is 2.57 bits per heavy atom. The lowest BCUT2D eigenvalue weighted by atomic mass is 10.0. The number of nitrogens with one attached hydrogen (secondary N) is 3. The Morgan fingerprint density at radius 1 is 1.23 bits per heavy atom. The molecular weight excluding hydrogens is 497 g/mol. The van der Waals surface area contributed by atoms with Gasteiger partial charge in [0.2, 0.25) is 5.91 Å². The van der Waals surface area contributed by atoms with Crippen LogP contribution in [0.1, 0.15) is 40.9 Å². The molecule has 1 aliphatic rings. The highest BCUT2D eigenvalue weighted by Gasteiger charge is 2.27. The van der Waals surface area contributed by atoms with E-state index in [2.05, 4.69) is 16.0 Å². The highest BCUT2D eigenvalue weighted by atomic mass is 35.5. The van der Waals surface area contributed by atoms with Crippen molar-refractivity contribution in [1.82, 2.24) is 16.0 Å². The Balaban J connectivity index is 1.58. The molecule has 2 amide bonds. The second kappa shape index (κ2) is 12.5. The first-order valence-electron chi connectivity index (χ1n) is 11.0. The zero-order valence-corrected chi connectivity index (χ0v) is 20.2. The smallest absolute Gasteiger partial charge is 0.328 e. The average Bonchev–Trinajstić information content (AvgIpc) is 3.52. The molecular formula is C24H25Cl2N3O6. The molecule has 1 saturated heterocycles. The Kier molecular flexibility index (Phi) is 9.47. The Labute approximate surface area is 211 Å². The van der Waals surface area contributed by atoms with E-state index in [9.17, 15) is 24.3 Å². The molecule has 0 bridgehead atoms. The molecule has 9 nitrogen and oxygen atoms in total. The minimum Gasteiger partial charge on any atom is -0.480 e. The molecule has 35 heavy (non-hydrogen) atoms. The molecule has 0 spiro atoms. The van der Waals surface area contributed by atoms with Crippen molar-refractivity contribution in [3.05, 3.63) is 63.5 Å². The number of hydrogen-bond donors (Lipinski definition) is 4. The van der Waals surface area contributed by atoms with Gasteiger partial charge in [0, 0.05) is 13.0 Å². The summed E-state index contributed by atoms with van der Waals surface area (Å²) in [5.74, 6) is -1.99. The SMILES string of the molecule is O=C(/C=C/c1ccco1)CCc1cc(Cl)c(C(=O)N[C@@H](CNC(=O)C2CCCN2)C(=O)O)c(Cl)c1. The van der Waals surface area contributed by atoms with Crippen LogP contribution in [0.15, 0.2) is 41.0 Å². The van der Waals surface area contributed by atoms with Gasteiger partial charge in [0.1, 0.15) is 11.8 Å². The third-order valence-electron chi connectivity index (χ3n) is 5.43. The fourth-order valence-corrected chi connectivity index (χ4v) is 4.27. The van der Waals surface area contributed by atoms with Gasteiger partial charge in [0.15, 0.2) is 5.78 Å². The van der Waals surface area contributed by atoms with Crippen LogP contribution in [0.2, 0.25) is 10.0 Å². The fourth-order valence-electron chi connectivity index (χ4n) is 3.56. The van der Waals surface area contributed by atoms with E-state index in [0.29, 0.717) is 24.2 Å². The summed E-state index contributed by atoms with van der Waals surface area (Å²) in [5.41, 5.74) is 0.554. The molecule has 186 valence electrons. The second-order valence-corrected chi connectivity index (χ2v) is 8.82. The summed E-state index contributed by atoms with van der Waals surface area (Å²) in [6.45, 7) is 0.430. The maximum absolute atomic E-state index is 12.7. The number of benzene rings is 1. The van der Waals surface area contributed by atoms with Gasteiger partial charge in [-0.25, -0.2) is 4.79 Å².